The Morgan fingerprint density at radius 1 is 1.32 bits per heavy atom. The molecule has 0 unspecified atom stereocenters. The number of hydrogen-bond acceptors (Lipinski definition) is 2. The highest BCUT2D eigenvalue weighted by Gasteiger charge is 2.12. The van der Waals surface area contributed by atoms with E-state index in [1.165, 1.54) is 0 Å². The van der Waals surface area contributed by atoms with E-state index in [9.17, 15) is 10.1 Å². The summed E-state index contributed by atoms with van der Waals surface area (Å²) in [5, 5.41) is 12.0. The van der Waals surface area contributed by atoms with Gasteiger partial charge in [-0.3, -0.25) is 4.79 Å². The summed E-state index contributed by atoms with van der Waals surface area (Å²) in [7, 11) is 1.95. The first-order valence-electron chi connectivity index (χ1n) is 6.74. The van der Waals surface area contributed by atoms with Crippen molar-refractivity contribution < 1.29 is 4.79 Å². The molecule has 5 heteroatoms. The molecule has 0 aliphatic heterocycles. The summed E-state index contributed by atoms with van der Waals surface area (Å²) < 4.78 is 2.95. The van der Waals surface area contributed by atoms with Crippen LogP contribution in [0, 0.1) is 25.2 Å². The number of rotatable bonds is 3. The Hall–Kier alpha value is -2.32. The van der Waals surface area contributed by atoms with Gasteiger partial charge in [-0.05, 0) is 55.8 Å². The largest absolute Gasteiger partial charge is 0.352 e. The number of nitrogens with zero attached hydrogens (tertiary/aromatic N) is 2. The molecular formula is C17H16BrN3O. The molecular weight excluding hydrogens is 342 g/mol. The lowest BCUT2D eigenvalue weighted by Crippen LogP contribution is -2.13. The minimum Gasteiger partial charge on any atom is -0.352 e. The lowest BCUT2D eigenvalue weighted by molar-refractivity contribution is -0.112. The Morgan fingerprint density at radius 3 is 2.45 bits per heavy atom. The summed E-state index contributed by atoms with van der Waals surface area (Å²) >= 11 is 3.34. The molecule has 1 heterocycles. The molecule has 0 fully saturated rings. The maximum Gasteiger partial charge on any atom is 0.266 e. The van der Waals surface area contributed by atoms with Crippen LogP contribution in [0.1, 0.15) is 17.0 Å². The van der Waals surface area contributed by atoms with Gasteiger partial charge in [-0.15, -0.1) is 0 Å². The van der Waals surface area contributed by atoms with Crippen LogP contribution in [-0.4, -0.2) is 10.5 Å². The number of carbonyl (C=O) groups excluding carboxylic acids is 1. The molecule has 22 heavy (non-hydrogen) atoms. The summed E-state index contributed by atoms with van der Waals surface area (Å²) in [6.45, 7) is 3.94. The third-order valence-electron chi connectivity index (χ3n) is 3.58. The lowest BCUT2D eigenvalue weighted by atomic mass is 10.1. The van der Waals surface area contributed by atoms with E-state index < -0.39 is 5.91 Å². The van der Waals surface area contributed by atoms with Crippen molar-refractivity contribution in [2.45, 2.75) is 13.8 Å². The standard InChI is InChI=1S/C17H16BrN3O/c1-11-8-13(12(2)21(11)3)9-14(10-19)17(22)20-16-6-4-15(18)5-7-16/h4-9H,1-3H3,(H,20,22)/b14-9-. The van der Waals surface area contributed by atoms with Crippen molar-refractivity contribution in [3.8, 4) is 6.07 Å². The predicted molar refractivity (Wildman–Crippen MR) is 91.2 cm³/mol. The highest BCUT2D eigenvalue weighted by molar-refractivity contribution is 9.10. The smallest absolute Gasteiger partial charge is 0.266 e. The van der Waals surface area contributed by atoms with E-state index in [1.54, 1.807) is 18.2 Å². The number of amides is 1. The van der Waals surface area contributed by atoms with Gasteiger partial charge < -0.3 is 9.88 Å². The normalized spacial score (nSPS) is 11.1. The van der Waals surface area contributed by atoms with Crippen LogP contribution in [-0.2, 0) is 11.8 Å². The molecule has 0 atom stereocenters. The molecule has 0 aliphatic carbocycles. The molecule has 1 N–H and O–H groups in total. The van der Waals surface area contributed by atoms with E-state index in [1.807, 2.05) is 49.7 Å². The third kappa shape index (κ3) is 3.46. The van der Waals surface area contributed by atoms with Gasteiger partial charge in [-0.1, -0.05) is 15.9 Å². The molecule has 112 valence electrons. The van der Waals surface area contributed by atoms with Gasteiger partial charge in [-0.25, -0.2) is 0 Å². The zero-order valence-corrected chi connectivity index (χ0v) is 14.2. The molecule has 2 rings (SSSR count). The highest BCUT2D eigenvalue weighted by Crippen LogP contribution is 2.18. The van der Waals surface area contributed by atoms with Crippen LogP contribution in [0.15, 0.2) is 40.4 Å². The van der Waals surface area contributed by atoms with Crippen molar-refractivity contribution in [2.24, 2.45) is 7.05 Å². The van der Waals surface area contributed by atoms with E-state index in [4.69, 9.17) is 0 Å². The number of aryl methyl sites for hydroxylation is 1. The average Bonchev–Trinajstić information content (AvgIpc) is 2.74. The third-order valence-corrected chi connectivity index (χ3v) is 4.11. The van der Waals surface area contributed by atoms with Crippen molar-refractivity contribution in [1.82, 2.24) is 4.57 Å². The van der Waals surface area contributed by atoms with Crippen LogP contribution >= 0.6 is 15.9 Å². The first-order valence-corrected chi connectivity index (χ1v) is 7.53. The molecule has 0 bridgehead atoms. The first-order chi connectivity index (χ1) is 10.4. The second-order valence-electron chi connectivity index (χ2n) is 5.02. The second kappa shape index (κ2) is 6.63. The molecule has 0 aliphatic rings. The Bertz CT molecular complexity index is 779. The maximum atomic E-state index is 12.2. The van der Waals surface area contributed by atoms with Crippen molar-refractivity contribution in [1.29, 1.82) is 5.26 Å². The minimum absolute atomic E-state index is 0.0802. The Morgan fingerprint density at radius 2 is 1.95 bits per heavy atom. The Balaban J connectivity index is 2.25. The Labute approximate surface area is 138 Å². The number of halogens is 1. The fraction of sp³-hybridized carbons (Fsp3) is 0.176. The fourth-order valence-electron chi connectivity index (χ4n) is 2.07. The molecule has 4 nitrogen and oxygen atoms in total. The van der Waals surface area contributed by atoms with Gasteiger partial charge in [0.1, 0.15) is 11.6 Å². The first kappa shape index (κ1) is 16.1. The SMILES string of the molecule is Cc1cc(/C=C(/C#N)C(=O)Nc2ccc(Br)cc2)c(C)n1C. The van der Waals surface area contributed by atoms with Gasteiger partial charge >= 0.3 is 0 Å². The van der Waals surface area contributed by atoms with Crippen molar-refractivity contribution in [3.05, 3.63) is 57.3 Å². The van der Waals surface area contributed by atoms with Crippen LogP contribution in [0.2, 0.25) is 0 Å². The molecule has 0 spiro atoms. The van der Waals surface area contributed by atoms with Gasteiger partial charge in [-0.2, -0.15) is 5.26 Å². The molecule has 1 aromatic carbocycles. The highest BCUT2D eigenvalue weighted by atomic mass is 79.9. The fourth-order valence-corrected chi connectivity index (χ4v) is 2.33. The van der Waals surface area contributed by atoms with Crippen LogP contribution in [0.25, 0.3) is 6.08 Å². The van der Waals surface area contributed by atoms with E-state index in [-0.39, 0.29) is 5.57 Å². The molecule has 0 radical (unpaired) electrons. The van der Waals surface area contributed by atoms with Gasteiger partial charge in [0.25, 0.3) is 5.91 Å². The van der Waals surface area contributed by atoms with Gasteiger partial charge in [0.15, 0.2) is 0 Å². The van der Waals surface area contributed by atoms with Gasteiger partial charge in [0.05, 0.1) is 0 Å². The van der Waals surface area contributed by atoms with E-state index in [0.717, 1.165) is 21.4 Å². The number of aromatic nitrogens is 1. The summed E-state index contributed by atoms with van der Waals surface area (Å²) in [6.07, 6.45) is 1.62. The number of carbonyl (C=O) groups is 1. The van der Waals surface area contributed by atoms with Crippen LogP contribution < -0.4 is 5.32 Å². The number of hydrogen-bond donors (Lipinski definition) is 1. The quantitative estimate of drug-likeness (QED) is 0.667. The van der Waals surface area contributed by atoms with E-state index in [0.29, 0.717) is 5.69 Å². The summed E-state index contributed by atoms with van der Waals surface area (Å²) in [5.41, 5.74) is 3.70. The lowest BCUT2D eigenvalue weighted by Gasteiger charge is -2.04. The van der Waals surface area contributed by atoms with E-state index >= 15 is 0 Å². The predicted octanol–water partition coefficient (Wildman–Crippen LogP) is 3.95. The summed E-state index contributed by atoms with van der Waals surface area (Å²) in [5.74, 6) is -0.411. The zero-order valence-electron chi connectivity index (χ0n) is 12.6. The summed E-state index contributed by atoms with van der Waals surface area (Å²) in [6, 6.07) is 11.1. The molecule has 0 saturated heterocycles. The summed E-state index contributed by atoms with van der Waals surface area (Å²) in [4.78, 5) is 12.2. The number of nitrogens with one attached hydrogen (secondary N) is 1. The minimum atomic E-state index is -0.411. The van der Waals surface area contributed by atoms with Crippen molar-refractivity contribution in [3.63, 3.8) is 0 Å². The topological polar surface area (TPSA) is 57.8 Å². The van der Waals surface area contributed by atoms with Crippen molar-refractivity contribution >= 4 is 33.6 Å². The van der Waals surface area contributed by atoms with Crippen LogP contribution in [0.5, 0.6) is 0 Å². The molecule has 2 aromatic rings. The maximum absolute atomic E-state index is 12.2. The number of nitriles is 1. The molecule has 0 saturated carbocycles. The van der Waals surface area contributed by atoms with Crippen LogP contribution in [0.3, 0.4) is 0 Å². The number of anilines is 1. The van der Waals surface area contributed by atoms with Gasteiger partial charge in [0.2, 0.25) is 0 Å². The van der Waals surface area contributed by atoms with E-state index in [2.05, 4.69) is 21.2 Å². The van der Waals surface area contributed by atoms with Crippen molar-refractivity contribution in [2.75, 3.05) is 5.32 Å². The number of benzene rings is 1. The zero-order chi connectivity index (χ0) is 16.3. The Kier molecular flexibility index (Phi) is 4.84. The molecule has 1 aromatic heterocycles. The second-order valence-corrected chi connectivity index (χ2v) is 5.93. The average molecular weight is 358 g/mol. The van der Waals surface area contributed by atoms with Gasteiger partial charge in [0, 0.05) is 28.6 Å². The monoisotopic (exact) mass is 357 g/mol. The van der Waals surface area contributed by atoms with Crippen LogP contribution in [0.4, 0.5) is 5.69 Å². The molecule has 1 amide bonds.